The zero-order valence-electron chi connectivity index (χ0n) is 15.9. The van der Waals surface area contributed by atoms with Gasteiger partial charge >= 0.3 is 0 Å². The van der Waals surface area contributed by atoms with Crippen LogP contribution in [-0.2, 0) is 4.79 Å². The van der Waals surface area contributed by atoms with E-state index in [1.807, 2.05) is 54.3 Å². The van der Waals surface area contributed by atoms with Gasteiger partial charge < -0.3 is 4.90 Å². The first kappa shape index (κ1) is 17.9. The highest BCUT2D eigenvalue weighted by atomic mass is 16.2. The number of aromatic nitrogens is 1. The maximum atomic E-state index is 13.3. The van der Waals surface area contributed by atoms with Gasteiger partial charge in [0.15, 0.2) is 5.78 Å². The number of nitrogens with zero attached hydrogens (tertiary/aromatic N) is 2. The normalized spacial score (nSPS) is 25.1. The largest absolute Gasteiger partial charge is 0.312 e. The van der Waals surface area contributed by atoms with Gasteiger partial charge in [0.25, 0.3) is 0 Å². The molecule has 140 valence electrons. The number of anilines is 1. The molecule has 2 aliphatic rings. The summed E-state index contributed by atoms with van der Waals surface area (Å²) in [4.78, 5) is 32.2. The number of aryl methyl sites for hydroxylation is 1. The number of Topliss-reactive ketones (excluding diaryl/α,β-unsaturated/α-hetero) is 1. The number of carbonyl (C=O) groups is 2. The van der Waals surface area contributed by atoms with Gasteiger partial charge in [-0.05, 0) is 62.8 Å². The van der Waals surface area contributed by atoms with Crippen LogP contribution >= 0.6 is 0 Å². The molecule has 27 heavy (non-hydrogen) atoms. The van der Waals surface area contributed by atoms with E-state index >= 15 is 0 Å². The molecular weight excluding hydrogens is 336 g/mol. The lowest BCUT2D eigenvalue weighted by Crippen LogP contribution is -2.38. The van der Waals surface area contributed by atoms with Crippen LogP contribution in [0.3, 0.4) is 0 Å². The highest BCUT2D eigenvalue weighted by Gasteiger charge is 2.49. The van der Waals surface area contributed by atoms with Crippen molar-refractivity contribution in [2.45, 2.75) is 45.4 Å². The van der Waals surface area contributed by atoms with Crippen LogP contribution in [0.2, 0.25) is 0 Å². The molecule has 1 aromatic heterocycles. The van der Waals surface area contributed by atoms with Gasteiger partial charge in [-0.25, -0.2) is 0 Å². The minimum absolute atomic E-state index is 0.103. The molecule has 1 aliphatic heterocycles. The fourth-order valence-electron chi connectivity index (χ4n) is 4.82. The molecule has 0 N–H and O–H groups in total. The smallest absolute Gasteiger partial charge is 0.233 e. The monoisotopic (exact) mass is 362 g/mol. The highest BCUT2D eigenvalue weighted by molar-refractivity contribution is 6.00. The average molecular weight is 362 g/mol. The maximum Gasteiger partial charge on any atom is 0.233 e. The number of benzene rings is 1. The van der Waals surface area contributed by atoms with Crippen LogP contribution in [0.5, 0.6) is 0 Å². The summed E-state index contributed by atoms with van der Waals surface area (Å²) >= 11 is 0. The fourth-order valence-corrected chi connectivity index (χ4v) is 4.82. The number of ketones is 1. The van der Waals surface area contributed by atoms with E-state index in [-0.39, 0.29) is 23.0 Å². The van der Waals surface area contributed by atoms with Gasteiger partial charge in [-0.1, -0.05) is 30.7 Å². The van der Waals surface area contributed by atoms with Gasteiger partial charge in [0.05, 0.1) is 5.41 Å². The van der Waals surface area contributed by atoms with Crippen molar-refractivity contribution < 1.29 is 9.59 Å². The summed E-state index contributed by atoms with van der Waals surface area (Å²) in [6.07, 6.45) is 5.21. The minimum atomic E-state index is -0.279. The Morgan fingerprint density at radius 3 is 2.74 bits per heavy atom. The molecule has 2 heterocycles. The molecule has 1 amide bonds. The molecule has 0 radical (unpaired) electrons. The van der Waals surface area contributed by atoms with Crippen molar-refractivity contribution >= 4 is 17.4 Å². The predicted molar refractivity (Wildman–Crippen MR) is 106 cm³/mol. The average Bonchev–Trinajstić information content (AvgIpc) is 2.98. The summed E-state index contributed by atoms with van der Waals surface area (Å²) < 4.78 is 0. The van der Waals surface area contributed by atoms with Gasteiger partial charge in [-0.15, -0.1) is 0 Å². The Kier molecular flexibility index (Phi) is 4.81. The zero-order valence-corrected chi connectivity index (χ0v) is 15.9. The third-order valence-corrected chi connectivity index (χ3v) is 6.18. The van der Waals surface area contributed by atoms with Gasteiger partial charge in [-0.3, -0.25) is 14.6 Å². The summed E-state index contributed by atoms with van der Waals surface area (Å²) in [5.74, 6) is 0.624. The molecular formula is C23H26N2O2. The Labute approximate surface area is 160 Å². The van der Waals surface area contributed by atoms with Crippen molar-refractivity contribution in [3.8, 4) is 0 Å². The fraction of sp³-hybridized carbons (Fsp3) is 0.435. The molecule has 1 spiro atoms. The maximum absolute atomic E-state index is 13.3. The van der Waals surface area contributed by atoms with Gasteiger partial charge in [-0.2, -0.15) is 0 Å². The standard InChI is InChI=1S/C23H26N2O2/c1-17-7-5-11-20(24-17)21(26)15-18-8-6-12-23(16-18)13-14-25(22(23)27)19-9-3-2-4-10-19/h2-5,7,9-11,18H,6,8,12-16H2,1H3/t18-,23+/m1/s1. The number of carbonyl (C=O) groups excluding carboxylic acids is 2. The molecule has 4 rings (SSSR count). The van der Waals surface area contributed by atoms with E-state index in [9.17, 15) is 9.59 Å². The van der Waals surface area contributed by atoms with Gasteiger partial charge in [0, 0.05) is 24.3 Å². The van der Waals surface area contributed by atoms with Crippen molar-refractivity contribution in [1.82, 2.24) is 4.98 Å². The third kappa shape index (κ3) is 3.53. The number of amides is 1. The van der Waals surface area contributed by atoms with Crippen LogP contribution < -0.4 is 4.90 Å². The van der Waals surface area contributed by atoms with E-state index in [0.29, 0.717) is 12.1 Å². The van der Waals surface area contributed by atoms with Crippen LogP contribution in [0.25, 0.3) is 0 Å². The topological polar surface area (TPSA) is 50.3 Å². The Hall–Kier alpha value is -2.49. The van der Waals surface area contributed by atoms with Crippen molar-refractivity contribution in [2.75, 3.05) is 11.4 Å². The molecule has 2 aromatic rings. The quantitative estimate of drug-likeness (QED) is 0.748. The molecule has 1 aromatic carbocycles. The number of para-hydroxylation sites is 1. The molecule has 1 saturated heterocycles. The Balaban J connectivity index is 1.46. The molecule has 0 bridgehead atoms. The van der Waals surface area contributed by atoms with Crippen LogP contribution in [-0.4, -0.2) is 23.2 Å². The van der Waals surface area contributed by atoms with Crippen LogP contribution in [0.4, 0.5) is 5.69 Å². The molecule has 4 heteroatoms. The first-order valence-corrected chi connectivity index (χ1v) is 9.91. The van der Waals surface area contributed by atoms with Gasteiger partial charge in [0.1, 0.15) is 5.69 Å². The second kappa shape index (κ2) is 7.26. The minimum Gasteiger partial charge on any atom is -0.312 e. The van der Waals surface area contributed by atoms with Crippen molar-refractivity contribution in [3.63, 3.8) is 0 Å². The van der Waals surface area contributed by atoms with Crippen LogP contribution in [0.15, 0.2) is 48.5 Å². The van der Waals surface area contributed by atoms with Crippen molar-refractivity contribution in [1.29, 1.82) is 0 Å². The van der Waals surface area contributed by atoms with E-state index in [4.69, 9.17) is 0 Å². The van der Waals surface area contributed by atoms with Crippen molar-refractivity contribution in [2.24, 2.45) is 11.3 Å². The first-order valence-electron chi connectivity index (χ1n) is 9.91. The van der Waals surface area contributed by atoms with Crippen molar-refractivity contribution in [3.05, 3.63) is 59.9 Å². The van der Waals surface area contributed by atoms with E-state index in [0.717, 1.165) is 50.0 Å². The lowest BCUT2D eigenvalue weighted by atomic mass is 9.67. The molecule has 0 unspecified atom stereocenters. The number of rotatable bonds is 4. The number of hydrogen-bond donors (Lipinski definition) is 0. The third-order valence-electron chi connectivity index (χ3n) is 6.18. The predicted octanol–water partition coefficient (Wildman–Crippen LogP) is 4.58. The molecule has 2 fully saturated rings. The van der Waals surface area contributed by atoms with Crippen LogP contribution in [0, 0.1) is 18.3 Å². The highest BCUT2D eigenvalue weighted by Crippen LogP contribution is 2.48. The van der Waals surface area contributed by atoms with E-state index in [2.05, 4.69) is 4.98 Å². The SMILES string of the molecule is Cc1cccc(C(=O)C[C@H]2CCC[C@]3(CCN(c4ccccc4)C3=O)C2)n1. The Morgan fingerprint density at radius 1 is 1.15 bits per heavy atom. The zero-order chi connectivity index (χ0) is 18.9. The molecule has 4 nitrogen and oxygen atoms in total. The summed E-state index contributed by atoms with van der Waals surface area (Å²) in [6, 6.07) is 15.5. The summed E-state index contributed by atoms with van der Waals surface area (Å²) in [6.45, 7) is 2.69. The second-order valence-electron chi connectivity index (χ2n) is 8.08. The Morgan fingerprint density at radius 2 is 1.96 bits per heavy atom. The molecule has 1 aliphatic carbocycles. The summed E-state index contributed by atoms with van der Waals surface area (Å²) in [5, 5.41) is 0. The Bertz CT molecular complexity index is 848. The lowest BCUT2D eigenvalue weighted by Gasteiger charge is -2.36. The molecule has 2 atom stereocenters. The van der Waals surface area contributed by atoms with Gasteiger partial charge in [0.2, 0.25) is 5.91 Å². The summed E-state index contributed by atoms with van der Waals surface area (Å²) in [7, 11) is 0. The second-order valence-corrected chi connectivity index (χ2v) is 8.08. The summed E-state index contributed by atoms with van der Waals surface area (Å²) in [5.41, 5.74) is 2.13. The number of hydrogen-bond acceptors (Lipinski definition) is 3. The van der Waals surface area contributed by atoms with E-state index < -0.39 is 0 Å². The number of pyridine rings is 1. The lowest BCUT2D eigenvalue weighted by molar-refractivity contribution is -0.128. The first-order chi connectivity index (χ1) is 13.1. The van der Waals surface area contributed by atoms with E-state index in [1.54, 1.807) is 6.07 Å². The van der Waals surface area contributed by atoms with Crippen LogP contribution in [0.1, 0.15) is 54.7 Å². The molecule has 1 saturated carbocycles. The van der Waals surface area contributed by atoms with E-state index in [1.165, 1.54) is 0 Å².